The maximum atomic E-state index is 6.07. The molecule has 1 aliphatic carbocycles. The van der Waals surface area contributed by atoms with Gasteiger partial charge in [-0.3, -0.25) is 4.98 Å². The summed E-state index contributed by atoms with van der Waals surface area (Å²) in [5, 5.41) is 5.08. The second-order valence-corrected chi connectivity index (χ2v) is 14.1. The number of thiophene rings is 1. The van der Waals surface area contributed by atoms with Crippen LogP contribution in [-0.4, -0.2) is 12.1 Å². The maximum absolute atomic E-state index is 6.07. The molecule has 0 aliphatic heterocycles. The third kappa shape index (κ3) is 3.69. The number of hydrogen-bond donors (Lipinski definition) is 0. The zero-order valence-electron chi connectivity index (χ0n) is 23.4. The van der Waals surface area contributed by atoms with Crippen LogP contribution < -0.4 is 4.74 Å². The summed E-state index contributed by atoms with van der Waals surface area (Å²) in [6.45, 7) is 16.5. The lowest BCUT2D eigenvalue weighted by Crippen LogP contribution is -2.33. The fourth-order valence-electron chi connectivity index (χ4n) is 6.37. The first-order chi connectivity index (χ1) is 17.4. The molecule has 2 heterocycles. The van der Waals surface area contributed by atoms with Gasteiger partial charge in [-0.05, 0) is 80.8 Å². The molecule has 0 atom stereocenters. The molecule has 0 saturated heterocycles. The second-order valence-electron chi connectivity index (χ2n) is 13.1. The van der Waals surface area contributed by atoms with E-state index in [1.807, 2.05) is 24.6 Å². The van der Waals surface area contributed by atoms with Crippen molar-refractivity contribution in [3.05, 3.63) is 71.4 Å². The van der Waals surface area contributed by atoms with Gasteiger partial charge >= 0.3 is 0 Å². The van der Waals surface area contributed by atoms with E-state index in [-0.39, 0.29) is 16.2 Å². The monoisotopic (exact) mass is 507 g/mol. The van der Waals surface area contributed by atoms with Crippen molar-refractivity contribution in [2.24, 2.45) is 0 Å². The number of nitrogens with zero attached hydrogens (tertiary/aromatic N) is 1. The van der Waals surface area contributed by atoms with Crippen LogP contribution in [0.15, 0.2) is 54.7 Å². The fourth-order valence-corrected chi connectivity index (χ4v) is 7.92. The molecule has 0 radical (unpaired) electrons. The SMILES string of the molecule is COc1cc2c(c3sc4c(-c5cc(C(C)(C)C)c6ccccc6c5)nccc4c13)C(C)(C)CCC2(C)C. The lowest BCUT2D eigenvalue weighted by atomic mass is 9.63. The van der Waals surface area contributed by atoms with Gasteiger partial charge in [0.2, 0.25) is 0 Å². The Morgan fingerprint density at radius 2 is 1.59 bits per heavy atom. The zero-order chi connectivity index (χ0) is 26.3. The number of fused-ring (bicyclic) bond motifs is 6. The highest BCUT2D eigenvalue weighted by Gasteiger charge is 2.40. The van der Waals surface area contributed by atoms with Crippen molar-refractivity contribution in [3.8, 4) is 17.0 Å². The normalized spacial score (nSPS) is 16.9. The quantitative estimate of drug-likeness (QED) is 0.237. The predicted octanol–water partition coefficient (Wildman–Crippen LogP) is 9.92. The Hall–Kier alpha value is -2.91. The van der Waals surface area contributed by atoms with Crippen LogP contribution >= 0.6 is 11.3 Å². The molecular formula is C34H37NOS. The first-order valence-corrected chi connectivity index (χ1v) is 14.2. The zero-order valence-corrected chi connectivity index (χ0v) is 24.2. The molecule has 6 rings (SSSR count). The average Bonchev–Trinajstić information content (AvgIpc) is 3.24. The maximum Gasteiger partial charge on any atom is 0.128 e. The molecular weight excluding hydrogens is 470 g/mol. The van der Waals surface area contributed by atoms with Gasteiger partial charge < -0.3 is 4.74 Å². The van der Waals surface area contributed by atoms with Crippen molar-refractivity contribution < 1.29 is 4.74 Å². The third-order valence-corrected chi connectivity index (χ3v) is 9.80. The topological polar surface area (TPSA) is 22.1 Å². The molecule has 2 aromatic heterocycles. The van der Waals surface area contributed by atoms with E-state index in [9.17, 15) is 0 Å². The number of aromatic nitrogens is 1. The van der Waals surface area contributed by atoms with Crippen molar-refractivity contribution >= 4 is 42.3 Å². The van der Waals surface area contributed by atoms with Crippen molar-refractivity contribution in [1.29, 1.82) is 0 Å². The summed E-state index contributed by atoms with van der Waals surface area (Å²) in [7, 11) is 1.81. The Labute approximate surface area is 224 Å². The van der Waals surface area contributed by atoms with Crippen LogP contribution in [0, 0.1) is 0 Å². The molecule has 0 amide bonds. The molecule has 0 N–H and O–H groups in total. The molecule has 0 spiro atoms. The van der Waals surface area contributed by atoms with E-state index < -0.39 is 0 Å². The van der Waals surface area contributed by atoms with Gasteiger partial charge in [-0.25, -0.2) is 0 Å². The Morgan fingerprint density at radius 1 is 0.865 bits per heavy atom. The van der Waals surface area contributed by atoms with Gasteiger partial charge in [-0.1, -0.05) is 72.7 Å². The smallest absolute Gasteiger partial charge is 0.128 e. The molecule has 5 aromatic rings. The Balaban J connectivity index is 1.73. The minimum Gasteiger partial charge on any atom is -0.496 e. The lowest BCUT2D eigenvalue weighted by molar-refractivity contribution is 0.332. The van der Waals surface area contributed by atoms with E-state index in [4.69, 9.17) is 9.72 Å². The van der Waals surface area contributed by atoms with Crippen LogP contribution in [0.5, 0.6) is 5.75 Å². The van der Waals surface area contributed by atoms with Crippen LogP contribution in [0.25, 0.3) is 42.2 Å². The van der Waals surface area contributed by atoms with Crippen molar-refractivity contribution in [2.75, 3.05) is 7.11 Å². The Morgan fingerprint density at radius 3 is 2.32 bits per heavy atom. The van der Waals surface area contributed by atoms with Crippen LogP contribution in [0.4, 0.5) is 0 Å². The third-order valence-electron chi connectivity index (χ3n) is 8.57. The van der Waals surface area contributed by atoms with Crippen LogP contribution in [-0.2, 0) is 16.2 Å². The van der Waals surface area contributed by atoms with Crippen molar-refractivity contribution in [2.45, 2.75) is 77.6 Å². The predicted molar refractivity (Wildman–Crippen MR) is 161 cm³/mol. The molecule has 37 heavy (non-hydrogen) atoms. The molecule has 0 bridgehead atoms. The van der Waals surface area contributed by atoms with Gasteiger partial charge in [0, 0.05) is 27.2 Å². The van der Waals surface area contributed by atoms with Crippen LogP contribution in [0.3, 0.4) is 0 Å². The minimum absolute atomic E-state index is 0.0293. The molecule has 190 valence electrons. The highest BCUT2D eigenvalue weighted by Crippen LogP contribution is 2.54. The van der Waals surface area contributed by atoms with E-state index in [1.54, 1.807) is 0 Å². The Bertz CT molecular complexity index is 1700. The number of benzene rings is 3. The molecule has 3 aromatic carbocycles. The number of rotatable bonds is 2. The van der Waals surface area contributed by atoms with Crippen molar-refractivity contribution in [3.63, 3.8) is 0 Å². The standard InChI is InChI=1S/C34H37NOS/c1-32(2,3)24-18-21(17-20-11-9-10-12-22(20)24)29-30-23(13-16-35-29)27-26(36-8)19-25-28(31(27)37-30)34(6,7)15-14-33(25,4)5/h9-13,16-19H,14-15H2,1-8H3. The van der Waals surface area contributed by atoms with Crippen LogP contribution in [0.2, 0.25) is 0 Å². The molecule has 2 nitrogen and oxygen atoms in total. The highest BCUT2D eigenvalue weighted by atomic mass is 32.1. The second kappa shape index (κ2) is 8.04. The molecule has 0 unspecified atom stereocenters. The number of ether oxygens (including phenoxy) is 1. The first kappa shape index (κ1) is 24.4. The van der Waals surface area contributed by atoms with E-state index in [0.29, 0.717) is 0 Å². The van der Waals surface area contributed by atoms with Gasteiger partial charge in [0.1, 0.15) is 5.75 Å². The number of pyridine rings is 1. The van der Waals surface area contributed by atoms with E-state index >= 15 is 0 Å². The number of hydrogen-bond acceptors (Lipinski definition) is 3. The molecule has 0 fully saturated rings. The van der Waals surface area contributed by atoms with E-state index in [0.717, 1.165) is 11.4 Å². The van der Waals surface area contributed by atoms with E-state index in [1.165, 1.54) is 66.0 Å². The van der Waals surface area contributed by atoms with Gasteiger partial charge in [0.15, 0.2) is 0 Å². The van der Waals surface area contributed by atoms with E-state index in [2.05, 4.69) is 97.0 Å². The summed E-state index contributed by atoms with van der Waals surface area (Å²) in [4.78, 5) is 5.00. The van der Waals surface area contributed by atoms with Gasteiger partial charge in [-0.2, -0.15) is 0 Å². The summed E-state index contributed by atoms with van der Waals surface area (Å²) in [6, 6.07) is 17.9. The summed E-state index contributed by atoms with van der Waals surface area (Å²) in [6.07, 6.45) is 4.35. The molecule has 0 saturated carbocycles. The molecule has 3 heteroatoms. The number of methoxy groups -OCH3 is 1. The van der Waals surface area contributed by atoms with Gasteiger partial charge in [0.05, 0.1) is 17.5 Å². The summed E-state index contributed by atoms with van der Waals surface area (Å²) >= 11 is 1.91. The fraction of sp³-hybridized carbons (Fsp3) is 0.382. The largest absolute Gasteiger partial charge is 0.496 e. The van der Waals surface area contributed by atoms with Crippen molar-refractivity contribution in [1.82, 2.24) is 4.98 Å². The lowest BCUT2D eigenvalue weighted by Gasteiger charge is -2.42. The minimum atomic E-state index is 0.0293. The molecule has 1 aliphatic rings. The summed E-state index contributed by atoms with van der Waals surface area (Å²) in [5.74, 6) is 0.983. The first-order valence-electron chi connectivity index (χ1n) is 13.4. The van der Waals surface area contributed by atoms with Gasteiger partial charge in [-0.15, -0.1) is 11.3 Å². The Kier molecular flexibility index (Phi) is 5.31. The highest BCUT2D eigenvalue weighted by molar-refractivity contribution is 7.26. The average molecular weight is 508 g/mol. The summed E-state index contributed by atoms with van der Waals surface area (Å²) in [5.41, 5.74) is 6.83. The summed E-state index contributed by atoms with van der Waals surface area (Å²) < 4.78 is 8.69. The van der Waals surface area contributed by atoms with Gasteiger partial charge in [0.25, 0.3) is 0 Å². The van der Waals surface area contributed by atoms with Crippen LogP contribution in [0.1, 0.15) is 78.0 Å².